The molecule has 0 amide bonds. The predicted octanol–water partition coefficient (Wildman–Crippen LogP) is 7.43. The second-order valence-electron chi connectivity index (χ2n) is 11.6. The van der Waals surface area contributed by atoms with E-state index in [2.05, 4.69) is 18.2 Å². The molecule has 7 aromatic carbocycles. The Morgan fingerprint density at radius 1 is 0.465 bits per heavy atom. The number of fused-ring (bicyclic) bond motifs is 9. The van der Waals surface area contributed by atoms with Crippen LogP contribution in [0.4, 0.5) is 0 Å². The van der Waals surface area contributed by atoms with Gasteiger partial charge in [0.25, 0.3) is 11.1 Å². The summed E-state index contributed by atoms with van der Waals surface area (Å²) in [5, 5.41) is 10.9. The van der Waals surface area contributed by atoms with Crippen LogP contribution in [0.1, 0.15) is 0 Å². The van der Waals surface area contributed by atoms with Crippen LogP contribution in [0, 0.1) is 0 Å². The van der Waals surface area contributed by atoms with Gasteiger partial charge in [0.2, 0.25) is 0 Å². The molecule has 0 unspecified atom stereocenters. The number of para-hydroxylation sites is 4. The molecule has 0 aliphatic carbocycles. The zero-order valence-electron chi connectivity index (χ0n) is 22.1. The van der Waals surface area contributed by atoms with Crippen LogP contribution < -0.4 is 11.1 Å². The highest BCUT2D eigenvalue weighted by Gasteiger charge is 2.28. The molecule has 0 radical (unpaired) electrons. The highest BCUT2D eigenvalue weighted by atomic mass is 16.3. The molecule has 5 aromatic heterocycles. The molecule has 0 aliphatic rings. The van der Waals surface area contributed by atoms with E-state index in [0.717, 1.165) is 75.9 Å². The smallest absolute Gasteiger partial charge is 0.264 e. The summed E-state index contributed by atoms with van der Waals surface area (Å²) in [5.74, 6) is 0. The molecule has 0 N–H and O–H groups in total. The Labute approximate surface area is 237 Å². The lowest BCUT2D eigenvalue weighted by Crippen LogP contribution is -2.14. The van der Waals surface area contributed by atoms with E-state index in [9.17, 15) is 9.59 Å². The molecule has 12 rings (SSSR count). The van der Waals surface area contributed by atoms with Crippen molar-refractivity contribution in [3.05, 3.63) is 106 Å². The van der Waals surface area contributed by atoms with E-state index in [1.54, 1.807) is 8.80 Å². The highest BCUT2D eigenvalue weighted by molar-refractivity contribution is 6.45. The van der Waals surface area contributed by atoms with Gasteiger partial charge in [-0.2, -0.15) is 0 Å². The van der Waals surface area contributed by atoms with Gasteiger partial charge in [-0.1, -0.05) is 36.4 Å². The summed E-state index contributed by atoms with van der Waals surface area (Å²) in [5.41, 5.74) is 5.59. The minimum atomic E-state index is -0.111. The van der Waals surface area contributed by atoms with E-state index >= 15 is 0 Å². The third kappa shape index (κ3) is 2.05. The summed E-state index contributed by atoms with van der Waals surface area (Å²) in [7, 11) is 0. The van der Waals surface area contributed by atoms with Gasteiger partial charge >= 0.3 is 0 Å². The lowest BCUT2D eigenvalue weighted by Gasteiger charge is -2.16. The maximum absolute atomic E-state index is 14.2. The fourth-order valence-electron chi connectivity index (χ4n) is 8.08. The minimum absolute atomic E-state index is 0.0811. The summed E-state index contributed by atoms with van der Waals surface area (Å²) in [6.07, 6.45) is 0. The molecule has 0 aliphatic heterocycles. The molecule has 43 heavy (non-hydrogen) atoms. The number of aromatic nitrogens is 4. The molecular weight excluding hydrogens is 536 g/mol. The summed E-state index contributed by atoms with van der Waals surface area (Å²) < 4.78 is 10.1. The molecule has 12 aromatic rings. The molecule has 196 valence electrons. The zero-order chi connectivity index (χ0) is 27.9. The lowest BCUT2D eigenvalue weighted by molar-refractivity contribution is 0.670. The average Bonchev–Trinajstić information content (AvgIpc) is 3.73. The maximum Gasteiger partial charge on any atom is 0.264 e. The lowest BCUT2D eigenvalue weighted by atomic mass is 9.86. The van der Waals surface area contributed by atoms with E-state index < -0.39 is 0 Å². The summed E-state index contributed by atoms with van der Waals surface area (Å²) in [6, 6.07) is 27.6. The van der Waals surface area contributed by atoms with Gasteiger partial charge in [-0.3, -0.25) is 18.4 Å². The van der Waals surface area contributed by atoms with Crippen molar-refractivity contribution in [1.82, 2.24) is 18.8 Å². The standard InChI is InChI=1S/C36H14N4O3/c41-35-18-12-10-16-15-9-11-17-27-20(36(42)39-23-7-3-1-5-21(23)37-33(17)39)14-26-32(29(15)27)31-25(43-26)13-19(28(18)30(16)31)34-38-22-6-2-4-8-24(22)40(34)35/h1-14H. The predicted molar refractivity (Wildman–Crippen MR) is 171 cm³/mol. The maximum atomic E-state index is 14.2. The van der Waals surface area contributed by atoms with Crippen LogP contribution in [0.25, 0.3) is 109 Å². The van der Waals surface area contributed by atoms with Crippen molar-refractivity contribution in [2.24, 2.45) is 0 Å². The van der Waals surface area contributed by atoms with Crippen LogP contribution in [0.2, 0.25) is 0 Å². The van der Waals surface area contributed by atoms with Crippen LogP contribution in [0.5, 0.6) is 0 Å². The van der Waals surface area contributed by atoms with Gasteiger partial charge in [0.15, 0.2) is 0 Å². The number of furan rings is 1. The SMILES string of the molecule is O=c1c2cc3oc4cc5c6c(ccc7c8ccc(c2c8c3c4c76)c2nc3ccccc3n12)c(=O)n1c2ccccc2nc51. The summed E-state index contributed by atoms with van der Waals surface area (Å²) in [6.45, 7) is 0. The van der Waals surface area contributed by atoms with E-state index in [0.29, 0.717) is 33.2 Å². The third-order valence-corrected chi connectivity index (χ3v) is 9.72. The van der Waals surface area contributed by atoms with Gasteiger partial charge in [-0.25, -0.2) is 9.97 Å². The minimum Gasteiger partial charge on any atom is -0.456 e. The quantitative estimate of drug-likeness (QED) is 0.145. The first-order valence-corrected chi connectivity index (χ1v) is 14.2. The number of imidazole rings is 2. The Hall–Kier alpha value is -6.08. The van der Waals surface area contributed by atoms with Gasteiger partial charge < -0.3 is 4.42 Å². The first kappa shape index (κ1) is 20.7. The van der Waals surface area contributed by atoms with Gasteiger partial charge in [0.05, 0.1) is 27.5 Å². The fraction of sp³-hybridized carbons (Fsp3) is 0. The zero-order valence-corrected chi connectivity index (χ0v) is 22.1. The van der Waals surface area contributed by atoms with E-state index in [-0.39, 0.29) is 11.1 Å². The Balaban J connectivity index is 1.41. The Bertz CT molecular complexity index is 3310. The first-order valence-electron chi connectivity index (χ1n) is 14.2. The van der Waals surface area contributed by atoms with Crippen LogP contribution in [-0.2, 0) is 0 Å². The highest BCUT2D eigenvalue weighted by Crippen LogP contribution is 2.50. The first-order chi connectivity index (χ1) is 21.2. The Kier molecular flexibility index (Phi) is 3.07. The van der Waals surface area contributed by atoms with Crippen LogP contribution in [0.15, 0.2) is 98.9 Å². The molecule has 0 spiro atoms. The van der Waals surface area contributed by atoms with Crippen molar-refractivity contribution in [1.29, 1.82) is 0 Å². The van der Waals surface area contributed by atoms with Crippen LogP contribution in [-0.4, -0.2) is 18.8 Å². The van der Waals surface area contributed by atoms with E-state index in [4.69, 9.17) is 14.4 Å². The van der Waals surface area contributed by atoms with Gasteiger partial charge in [-0.15, -0.1) is 0 Å². The van der Waals surface area contributed by atoms with Crippen molar-refractivity contribution in [3.63, 3.8) is 0 Å². The molecule has 0 saturated carbocycles. The third-order valence-electron chi connectivity index (χ3n) is 9.72. The average molecular weight is 551 g/mol. The molecule has 5 heterocycles. The van der Waals surface area contributed by atoms with Gasteiger partial charge in [0, 0.05) is 48.5 Å². The van der Waals surface area contributed by atoms with Crippen molar-refractivity contribution >= 4 is 109 Å². The summed E-state index contributed by atoms with van der Waals surface area (Å²) >= 11 is 0. The number of hydrogen-bond donors (Lipinski definition) is 0. The van der Waals surface area contributed by atoms with Crippen molar-refractivity contribution < 1.29 is 4.42 Å². The molecule has 7 heteroatoms. The topological polar surface area (TPSA) is 81.9 Å². The normalized spacial score (nSPS) is 13.3. The Morgan fingerprint density at radius 2 is 0.953 bits per heavy atom. The Morgan fingerprint density at radius 3 is 1.60 bits per heavy atom. The number of rotatable bonds is 0. The molecular formula is C36H14N4O3. The monoisotopic (exact) mass is 550 g/mol. The number of nitrogens with zero attached hydrogens (tertiary/aromatic N) is 4. The van der Waals surface area contributed by atoms with E-state index in [1.165, 1.54) is 0 Å². The van der Waals surface area contributed by atoms with Crippen LogP contribution >= 0.6 is 0 Å². The summed E-state index contributed by atoms with van der Waals surface area (Å²) in [4.78, 5) is 38.1. The number of hydrogen-bond acceptors (Lipinski definition) is 5. The van der Waals surface area contributed by atoms with Crippen molar-refractivity contribution in [2.45, 2.75) is 0 Å². The largest absolute Gasteiger partial charge is 0.456 e. The second kappa shape index (κ2) is 6.37. The van der Waals surface area contributed by atoms with Gasteiger partial charge in [0.1, 0.15) is 22.5 Å². The molecule has 0 atom stereocenters. The molecule has 7 nitrogen and oxygen atoms in total. The van der Waals surface area contributed by atoms with Crippen LogP contribution in [0.3, 0.4) is 0 Å². The number of benzene rings is 7. The molecule has 0 saturated heterocycles. The number of pyridine rings is 2. The van der Waals surface area contributed by atoms with Crippen molar-refractivity contribution in [2.75, 3.05) is 0 Å². The van der Waals surface area contributed by atoms with Gasteiger partial charge in [-0.05, 0) is 59.3 Å². The second-order valence-corrected chi connectivity index (χ2v) is 11.6. The van der Waals surface area contributed by atoms with E-state index in [1.807, 2.05) is 66.7 Å². The molecule has 0 bridgehead atoms. The molecule has 0 fully saturated rings. The fourth-order valence-corrected chi connectivity index (χ4v) is 8.08. The van der Waals surface area contributed by atoms with Crippen molar-refractivity contribution in [3.8, 4) is 0 Å².